The Bertz CT molecular complexity index is 663. The lowest BCUT2D eigenvalue weighted by Crippen LogP contribution is -2.31. The molecule has 0 aliphatic heterocycles. The summed E-state index contributed by atoms with van der Waals surface area (Å²) < 4.78 is 5.43. The van der Waals surface area contributed by atoms with Gasteiger partial charge in [0, 0.05) is 31.5 Å². The standard InChI is InChI=1S/C19H24N2O3/c1-14(2)12-19(23)20-10-9-18(22)21-13-15-6-3-4-7-16(15)17-8-5-11-24-17/h3-8,11,14H,9-10,12-13H2,1-2H3,(H,20,23)(H,21,22). The van der Waals surface area contributed by atoms with E-state index in [0.717, 1.165) is 16.9 Å². The Hall–Kier alpha value is -2.56. The van der Waals surface area contributed by atoms with Crippen LogP contribution in [0.1, 0.15) is 32.3 Å². The van der Waals surface area contributed by atoms with Crippen molar-refractivity contribution in [2.45, 2.75) is 33.2 Å². The summed E-state index contributed by atoms with van der Waals surface area (Å²) in [5.41, 5.74) is 1.96. The zero-order chi connectivity index (χ0) is 17.4. The second kappa shape index (κ2) is 8.91. The van der Waals surface area contributed by atoms with Gasteiger partial charge in [-0.3, -0.25) is 9.59 Å². The molecular weight excluding hydrogens is 304 g/mol. The molecule has 1 aromatic carbocycles. The monoisotopic (exact) mass is 328 g/mol. The highest BCUT2D eigenvalue weighted by atomic mass is 16.3. The lowest BCUT2D eigenvalue weighted by atomic mass is 10.1. The third-order valence-electron chi connectivity index (χ3n) is 3.55. The molecule has 0 fully saturated rings. The van der Waals surface area contributed by atoms with Crippen molar-refractivity contribution in [3.05, 3.63) is 48.2 Å². The second-order valence-corrected chi connectivity index (χ2v) is 6.11. The molecule has 128 valence electrons. The first-order valence-corrected chi connectivity index (χ1v) is 8.21. The highest BCUT2D eigenvalue weighted by molar-refractivity contribution is 5.79. The minimum Gasteiger partial charge on any atom is -0.464 e. The van der Waals surface area contributed by atoms with Gasteiger partial charge in [0.1, 0.15) is 5.76 Å². The van der Waals surface area contributed by atoms with E-state index >= 15 is 0 Å². The van der Waals surface area contributed by atoms with Crippen molar-refractivity contribution >= 4 is 11.8 Å². The summed E-state index contributed by atoms with van der Waals surface area (Å²) in [6.07, 6.45) is 2.38. The van der Waals surface area contributed by atoms with Crippen LogP contribution in [-0.4, -0.2) is 18.4 Å². The van der Waals surface area contributed by atoms with E-state index in [1.807, 2.05) is 50.2 Å². The number of carbonyl (C=O) groups excluding carboxylic acids is 2. The molecule has 0 spiro atoms. The largest absolute Gasteiger partial charge is 0.464 e. The van der Waals surface area contributed by atoms with Gasteiger partial charge in [0.15, 0.2) is 0 Å². The fourth-order valence-corrected chi connectivity index (χ4v) is 2.39. The lowest BCUT2D eigenvalue weighted by molar-refractivity contribution is -0.122. The van der Waals surface area contributed by atoms with Crippen LogP contribution >= 0.6 is 0 Å². The molecule has 2 N–H and O–H groups in total. The average molecular weight is 328 g/mol. The van der Waals surface area contributed by atoms with E-state index in [-0.39, 0.29) is 18.2 Å². The second-order valence-electron chi connectivity index (χ2n) is 6.11. The van der Waals surface area contributed by atoms with Gasteiger partial charge in [-0.1, -0.05) is 38.1 Å². The quantitative estimate of drug-likeness (QED) is 0.782. The van der Waals surface area contributed by atoms with Crippen LogP contribution in [0.4, 0.5) is 0 Å². The van der Waals surface area contributed by atoms with E-state index in [9.17, 15) is 9.59 Å². The fraction of sp³-hybridized carbons (Fsp3) is 0.368. The predicted molar refractivity (Wildman–Crippen MR) is 93.1 cm³/mol. The molecular formula is C19H24N2O3. The first-order valence-electron chi connectivity index (χ1n) is 8.21. The van der Waals surface area contributed by atoms with Crippen LogP contribution in [-0.2, 0) is 16.1 Å². The van der Waals surface area contributed by atoms with Gasteiger partial charge in [-0.2, -0.15) is 0 Å². The van der Waals surface area contributed by atoms with Crippen LogP contribution < -0.4 is 10.6 Å². The van der Waals surface area contributed by atoms with E-state index in [1.54, 1.807) is 6.26 Å². The Balaban J connectivity index is 1.79. The zero-order valence-electron chi connectivity index (χ0n) is 14.2. The molecule has 0 aliphatic carbocycles. The van der Waals surface area contributed by atoms with Gasteiger partial charge >= 0.3 is 0 Å². The maximum absolute atomic E-state index is 11.9. The summed E-state index contributed by atoms with van der Waals surface area (Å²) in [5.74, 6) is 0.993. The van der Waals surface area contributed by atoms with Crippen molar-refractivity contribution in [1.82, 2.24) is 10.6 Å². The van der Waals surface area contributed by atoms with Gasteiger partial charge < -0.3 is 15.1 Å². The zero-order valence-corrected chi connectivity index (χ0v) is 14.2. The number of hydrogen-bond donors (Lipinski definition) is 2. The van der Waals surface area contributed by atoms with Crippen LogP contribution in [0, 0.1) is 5.92 Å². The molecule has 1 aromatic heterocycles. The number of furan rings is 1. The van der Waals surface area contributed by atoms with Crippen molar-refractivity contribution < 1.29 is 14.0 Å². The van der Waals surface area contributed by atoms with Crippen LogP contribution in [0.5, 0.6) is 0 Å². The molecule has 0 saturated heterocycles. The molecule has 5 heteroatoms. The minimum atomic E-state index is -0.0888. The molecule has 0 radical (unpaired) electrons. The molecule has 2 aromatic rings. The molecule has 2 rings (SSSR count). The Labute approximate surface area is 142 Å². The fourth-order valence-electron chi connectivity index (χ4n) is 2.39. The van der Waals surface area contributed by atoms with Crippen molar-refractivity contribution in [3.63, 3.8) is 0 Å². The van der Waals surface area contributed by atoms with Crippen molar-refractivity contribution in [2.24, 2.45) is 5.92 Å². The summed E-state index contributed by atoms with van der Waals surface area (Å²) >= 11 is 0. The SMILES string of the molecule is CC(C)CC(=O)NCCC(=O)NCc1ccccc1-c1ccco1. The van der Waals surface area contributed by atoms with Crippen molar-refractivity contribution in [2.75, 3.05) is 6.54 Å². The van der Waals surface area contributed by atoms with E-state index in [1.165, 1.54) is 0 Å². The van der Waals surface area contributed by atoms with Crippen LogP contribution in [0.2, 0.25) is 0 Å². The van der Waals surface area contributed by atoms with Crippen molar-refractivity contribution in [1.29, 1.82) is 0 Å². The van der Waals surface area contributed by atoms with Gasteiger partial charge in [0.25, 0.3) is 0 Å². The van der Waals surface area contributed by atoms with Crippen LogP contribution in [0.15, 0.2) is 47.1 Å². The van der Waals surface area contributed by atoms with Gasteiger partial charge in [-0.05, 0) is 23.6 Å². The highest BCUT2D eigenvalue weighted by Crippen LogP contribution is 2.23. The first kappa shape index (κ1) is 17.8. The average Bonchev–Trinajstić information content (AvgIpc) is 3.06. The Kier molecular flexibility index (Phi) is 6.61. The van der Waals surface area contributed by atoms with Crippen LogP contribution in [0.3, 0.4) is 0 Å². The molecule has 0 saturated carbocycles. The van der Waals surface area contributed by atoms with E-state index in [4.69, 9.17) is 4.42 Å². The lowest BCUT2D eigenvalue weighted by Gasteiger charge is -2.10. The van der Waals surface area contributed by atoms with Gasteiger partial charge in [-0.25, -0.2) is 0 Å². The summed E-state index contributed by atoms with van der Waals surface area (Å²) in [5, 5.41) is 5.65. The summed E-state index contributed by atoms with van der Waals surface area (Å²) in [4.78, 5) is 23.5. The Morgan fingerprint density at radius 2 is 1.83 bits per heavy atom. The summed E-state index contributed by atoms with van der Waals surface area (Å²) in [6.45, 7) is 4.76. The number of amides is 2. The van der Waals surface area contributed by atoms with E-state index in [0.29, 0.717) is 25.4 Å². The molecule has 1 heterocycles. The first-order chi connectivity index (χ1) is 11.6. The van der Waals surface area contributed by atoms with E-state index < -0.39 is 0 Å². The summed E-state index contributed by atoms with van der Waals surface area (Å²) in [6, 6.07) is 11.5. The third kappa shape index (κ3) is 5.57. The van der Waals surface area contributed by atoms with E-state index in [2.05, 4.69) is 10.6 Å². The van der Waals surface area contributed by atoms with Gasteiger partial charge in [0.05, 0.1) is 6.26 Å². The molecule has 24 heavy (non-hydrogen) atoms. The molecule has 5 nitrogen and oxygen atoms in total. The van der Waals surface area contributed by atoms with Gasteiger partial charge in [-0.15, -0.1) is 0 Å². The third-order valence-corrected chi connectivity index (χ3v) is 3.55. The normalized spacial score (nSPS) is 10.6. The Morgan fingerprint density at radius 1 is 1.04 bits per heavy atom. The predicted octanol–water partition coefficient (Wildman–Crippen LogP) is 3.12. The Morgan fingerprint density at radius 3 is 2.54 bits per heavy atom. The number of carbonyl (C=O) groups is 2. The number of benzene rings is 1. The maximum atomic E-state index is 11.9. The smallest absolute Gasteiger partial charge is 0.222 e. The molecule has 0 bridgehead atoms. The van der Waals surface area contributed by atoms with Crippen LogP contribution in [0.25, 0.3) is 11.3 Å². The topological polar surface area (TPSA) is 71.3 Å². The molecule has 0 aliphatic rings. The van der Waals surface area contributed by atoms with Crippen molar-refractivity contribution in [3.8, 4) is 11.3 Å². The molecule has 2 amide bonds. The maximum Gasteiger partial charge on any atom is 0.222 e. The minimum absolute atomic E-state index is 0.0130. The van der Waals surface area contributed by atoms with Gasteiger partial charge in [0.2, 0.25) is 11.8 Å². The number of rotatable bonds is 8. The highest BCUT2D eigenvalue weighted by Gasteiger charge is 2.09. The summed E-state index contributed by atoms with van der Waals surface area (Å²) in [7, 11) is 0. The molecule has 0 atom stereocenters. The number of hydrogen-bond acceptors (Lipinski definition) is 3. The number of nitrogens with one attached hydrogen (secondary N) is 2. The molecule has 0 unspecified atom stereocenters.